The fourth-order valence-electron chi connectivity index (χ4n) is 2.02. The van der Waals surface area contributed by atoms with E-state index in [-0.39, 0.29) is 30.9 Å². The molecule has 0 saturated carbocycles. The van der Waals surface area contributed by atoms with E-state index in [0.29, 0.717) is 6.42 Å². The summed E-state index contributed by atoms with van der Waals surface area (Å²) in [5, 5.41) is 8.55. The molecule has 0 aliphatic carbocycles. The molecule has 0 N–H and O–H groups in total. The molecule has 7 nitrogen and oxygen atoms in total. The van der Waals surface area contributed by atoms with Gasteiger partial charge in [-0.1, -0.05) is 0 Å². The van der Waals surface area contributed by atoms with Gasteiger partial charge in [-0.3, -0.25) is 9.59 Å². The Morgan fingerprint density at radius 3 is 2.63 bits per heavy atom. The summed E-state index contributed by atoms with van der Waals surface area (Å²) in [5.74, 6) is -0.999. The van der Waals surface area contributed by atoms with Crippen LogP contribution in [0.1, 0.15) is 19.3 Å². The van der Waals surface area contributed by atoms with Gasteiger partial charge in [0.15, 0.2) is 9.84 Å². The lowest BCUT2D eigenvalue weighted by atomic mass is 10.2. The molecule has 1 amide bonds. The zero-order valence-corrected chi connectivity index (χ0v) is 11.5. The van der Waals surface area contributed by atoms with Gasteiger partial charge < -0.3 is 9.64 Å². The fraction of sp³-hybridized carbons (Fsp3) is 0.727. The third kappa shape index (κ3) is 4.52. The summed E-state index contributed by atoms with van der Waals surface area (Å²) in [6, 6.07) is 1.29. The maximum Gasteiger partial charge on any atom is 0.307 e. The molecule has 1 fully saturated rings. The Morgan fingerprint density at radius 2 is 2.16 bits per heavy atom. The number of hydrogen-bond donors (Lipinski definition) is 0. The van der Waals surface area contributed by atoms with E-state index in [4.69, 9.17) is 5.26 Å². The summed E-state index contributed by atoms with van der Waals surface area (Å²) in [6.07, 6.45) is 0.0165. The molecular formula is C11H16N2O5S. The molecule has 0 aromatic rings. The third-order valence-electron chi connectivity index (χ3n) is 2.98. The predicted octanol–water partition coefficient (Wildman–Crippen LogP) is -0.521. The van der Waals surface area contributed by atoms with E-state index >= 15 is 0 Å². The van der Waals surface area contributed by atoms with E-state index in [2.05, 4.69) is 4.74 Å². The zero-order chi connectivity index (χ0) is 14.5. The largest absolute Gasteiger partial charge is 0.469 e. The second kappa shape index (κ2) is 6.52. The number of ether oxygens (including phenoxy) is 1. The quantitative estimate of drug-likeness (QED) is 0.630. The van der Waals surface area contributed by atoms with Crippen LogP contribution in [0.4, 0.5) is 0 Å². The number of amides is 1. The van der Waals surface area contributed by atoms with Crippen LogP contribution in [0.5, 0.6) is 0 Å². The van der Waals surface area contributed by atoms with Crippen LogP contribution < -0.4 is 0 Å². The molecule has 19 heavy (non-hydrogen) atoms. The average molecular weight is 288 g/mol. The number of carbonyl (C=O) groups is 2. The van der Waals surface area contributed by atoms with Crippen molar-refractivity contribution in [3.8, 4) is 6.07 Å². The molecule has 1 atom stereocenters. The standard InChI is InChI=1S/C11H16N2O5S/c1-18-11(15)3-6-13(10(14)2-5-12)9-4-7-19(16,17)8-9/h9H,2-4,6-8H2,1H3. The molecule has 0 spiro atoms. The van der Waals surface area contributed by atoms with Crippen molar-refractivity contribution in [1.82, 2.24) is 4.90 Å². The Bertz CT molecular complexity index is 494. The first-order valence-corrected chi connectivity index (χ1v) is 7.65. The van der Waals surface area contributed by atoms with Gasteiger partial charge in [0.2, 0.25) is 5.91 Å². The predicted molar refractivity (Wildman–Crippen MR) is 65.6 cm³/mol. The molecule has 1 rings (SSSR count). The number of hydrogen-bond acceptors (Lipinski definition) is 6. The van der Waals surface area contributed by atoms with Crippen LogP contribution in [-0.4, -0.2) is 56.4 Å². The summed E-state index contributed by atoms with van der Waals surface area (Å²) >= 11 is 0. The molecule has 1 unspecified atom stereocenters. The van der Waals surface area contributed by atoms with Crippen molar-refractivity contribution in [2.45, 2.75) is 25.3 Å². The monoisotopic (exact) mass is 288 g/mol. The van der Waals surface area contributed by atoms with E-state index in [1.807, 2.05) is 0 Å². The van der Waals surface area contributed by atoms with Crippen LogP contribution in [0, 0.1) is 11.3 Å². The van der Waals surface area contributed by atoms with Crippen LogP contribution in [0.3, 0.4) is 0 Å². The maximum atomic E-state index is 11.8. The van der Waals surface area contributed by atoms with Gasteiger partial charge in [0, 0.05) is 12.6 Å². The highest BCUT2D eigenvalue weighted by molar-refractivity contribution is 7.91. The van der Waals surface area contributed by atoms with E-state index in [1.54, 1.807) is 6.07 Å². The lowest BCUT2D eigenvalue weighted by Crippen LogP contribution is -2.42. The Balaban J connectivity index is 2.73. The van der Waals surface area contributed by atoms with Crippen LogP contribution in [0.25, 0.3) is 0 Å². The number of carbonyl (C=O) groups excluding carboxylic acids is 2. The van der Waals surface area contributed by atoms with Gasteiger partial charge in [-0.2, -0.15) is 5.26 Å². The van der Waals surface area contributed by atoms with Crippen LogP contribution >= 0.6 is 0 Å². The van der Waals surface area contributed by atoms with Gasteiger partial charge in [0.1, 0.15) is 6.42 Å². The zero-order valence-electron chi connectivity index (χ0n) is 10.7. The summed E-state index contributed by atoms with van der Waals surface area (Å²) in [7, 11) is -1.89. The minimum Gasteiger partial charge on any atom is -0.469 e. The van der Waals surface area contributed by atoms with Gasteiger partial charge >= 0.3 is 5.97 Å². The van der Waals surface area contributed by atoms with E-state index in [9.17, 15) is 18.0 Å². The van der Waals surface area contributed by atoms with Crippen LogP contribution in [-0.2, 0) is 24.2 Å². The van der Waals surface area contributed by atoms with Gasteiger partial charge in [-0.05, 0) is 6.42 Å². The number of esters is 1. The molecule has 1 heterocycles. The van der Waals surface area contributed by atoms with Crippen LogP contribution in [0.2, 0.25) is 0 Å². The van der Waals surface area contributed by atoms with Crippen LogP contribution in [0.15, 0.2) is 0 Å². The Labute approximate surface area is 112 Å². The maximum absolute atomic E-state index is 11.8. The number of nitrogens with zero attached hydrogens (tertiary/aromatic N) is 2. The lowest BCUT2D eigenvalue weighted by Gasteiger charge is -2.27. The van der Waals surface area contributed by atoms with Crippen molar-refractivity contribution in [3.05, 3.63) is 0 Å². The molecule has 106 valence electrons. The highest BCUT2D eigenvalue weighted by Gasteiger charge is 2.34. The van der Waals surface area contributed by atoms with Crippen molar-refractivity contribution < 1.29 is 22.7 Å². The van der Waals surface area contributed by atoms with Crippen molar-refractivity contribution in [3.63, 3.8) is 0 Å². The number of methoxy groups -OCH3 is 1. The smallest absolute Gasteiger partial charge is 0.307 e. The Hall–Kier alpha value is -1.62. The Kier molecular flexibility index (Phi) is 5.30. The molecule has 0 radical (unpaired) electrons. The lowest BCUT2D eigenvalue weighted by molar-refractivity contribution is -0.142. The summed E-state index contributed by atoms with van der Waals surface area (Å²) in [5.41, 5.74) is 0. The van der Waals surface area contributed by atoms with Crippen molar-refractivity contribution in [2.24, 2.45) is 0 Å². The first-order valence-electron chi connectivity index (χ1n) is 5.83. The average Bonchev–Trinajstić information content (AvgIpc) is 2.70. The summed E-state index contributed by atoms with van der Waals surface area (Å²) in [6.45, 7) is 0.0768. The molecule has 0 aromatic carbocycles. The number of sulfone groups is 1. The minimum absolute atomic E-state index is 0.00971. The minimum atomic E-state index is -3.13. The second-order valence-electron chi connectivity index (χ2n) is 4.31. The topological polar surface area (TPSA) is 105 Å². The first kappa shape index (κ1) is 15.4. The molecule has 0 aromatic heterocycles. The van der Waals surface area contributed by atoms with Crippen molar-refractivity contribution in [1.29, 1.82) is 5.26 Å². The number of nitriles is 1. The highest BCUT2D eigenvalue weighted by atomic mass is 32.2. The molecule has 1 saturated heterocycles. The normalized spacial score (nSPS) is 20.5. The van der Waals surface area contributed by atoms with E-state index in [1.165, 1.54) is 12.0 Å². The Morgan fingerprint density at radius 1 is 1.47 bits per heavy atom. The van der Waals surface area contributed by atoms with Crippen molar-refractivity contribution >= 4 is 21.7 Å². The highest BCUT2D eigenvalue weighted by Crippen LogP contribution is 2.19. The first-order chi connectivity index (χ1) is 8.89. The number of rotatable bonds is 5. The SMILES string of the molecule is COC(=O)CCN(C(=O)CC#N)C1CCS(=O)(=O)C1. The summed E-state index contributed by atoms with van der Waals surface area (Å²) in [4.78, 5) is 24.2. The molecule has 8 heteroatoms. The second-order valence-corrected chi connectivity index (χ2v) is 6.53. The van der Waals surface area contributed by atoms with Gasteiger partial charge in [-0.25, -0.2) is 8.42 Å². The molecule has 1 aliphatic heterocycles. The van der Waals surface area contributed by atoms with Gasteiger partial charge in [-0.15, -0.1) is 0 Å². The third-order valence-corrected chi connectivity index (χ3v) is 4.73. The van der Waals surface area contributed by atoms with Gasteiger partial charge in [0.05, 0.1) is 31.1 Å². The van der Waals surface area contributed by atoms with Gasteiger partial charge in [0.25, 0.3) is 0 Å². The molecular weight excluding hydrogens is 272 g/mol. The fourth-order valence-corrected chi connectivity index (χ4v) is 3.75. The molecule has 1 aliphatic rings. The van der Waals surface area contributed by atoms with Crippen molar-refractivity contribution in [2.75, 3.05) is 25.2 Å². The van der Waals surface area contributed by atoms with E-state index in [0.717, 1.165) is 0 Å². The molecule has 0 bridgehead atoms. The van der Waals surface area contributed by atoms with E-state index < -0.39 is 27.8 Å². The summed E-state index contributed by atoms with van der Waals surface area (Å²) < 4.78 is 27.3.